The summed E-state index contributed by atoms with van der Waals surface area (Å²) in [6, 6.07) is 12.0. The van der Waals surface area contributed by atoms with Crippen LogP contribution in [0.2, 0.25) is 0 Å². The fourth-order valence-corrected chi connectivity index (χ4v) is 3.00. The number of nitrogens with zero attached hydrogens (tertiary/aromatic N) is 1. The second kappa shape index (κ2) is 10.7. The quantitative estimate of drug-likeness (QED) is 0.619. The van der Waals surface area contributed by atoms with Crippen molar-refractivity contribution in [2.75, 3.05) is 13.7 Å². The van der Waals surface area contributed by atoms with Gasteiger partial charge in [-0.1, -0.05) is 26.0 Å². The van der Waals surface area contributed by atoms with Crippen LogP contribution in [0.3, 0.4) is 0 Å². The van der Waals surface area contributed by atoms with Gasteiger partial charge in [-0.2, -0.15) is 18.4 Å². The van der Waals surface area contributed by atoms with Gasteiger partial charge in [0.25, 0.3) is 5.91 Å². The van der Waals surface area contributed by atoms with Crippen molar-refractivity contribution in [2.45, 2.75) is 39.0 Å². The Balaban J connectivity index is 2.09. The number of carbonyl (C=O) groups excluding carboxylic acids is 1. The van der Waals surface area contributed by atoms with Gasteiger partial charge in [-0.3, -0.25) is 4.79 Å². The Morgan fingerprint density at radius 1 is 1.16 bits per heavy atom. The van der Waals surface area contributed by atoms with E-state index in [1.54, 1.807) is 7.11 Å². The first kappa shape index (κ1) is 24.1. The van der Waals surface area contributed by atoms with E-state index < -0.39 is 29.3 Å². The number of halogens is 3. The van der Waals surface area contributed by atoms with Crippen molar-refractivity contribution in [3.05, 3.63) is 59.2 Å². The summed E-state index contributed by atoms with van der Waals surface area (Å²) in [6.45, 7) is 4.12. The van der Waals surface area contributed by atoms with Crippen molar-refractivity contribution in [1.82, 2.24) is 5.32 Å². The maximum Gasteiger partial charge on any atom is 0.417 e. The molecule has 0 bridgehead atoms. The Kier molecular flexibility index (Phi) is 8.31. The molecule has 1 atom stereocenters. The van der Waals surface area contributed by atoms with Gasteiger partial charge >= 0.3 is 6.18 Å². The first-order valence-corrected chi connectivity index (χ1v) is 9.82. The van der Waals surface area contributed by atoms with Crippen LogP contribution in [0.15, 0.2) is 42.5 Å². The van der Waals surface area contributed by atoms with E-state index in [9.17, 15) is 18.0 Å². The summed E-state index contributed by atoms with van der Waals surface area (Å²) in [5, 5.41) is 11.7. The third-order valence-electron chi connectivity index (χ3n) is 4.52. The fourth-order valence-electron chi connectivity index (χ4n) is 3.00. The summed E-state index contributed by atoms with van der Waals surface area (Å²) in [5.74, 6) is 0.273. The molecule has 0 spiro atoms. The summed E-state index contributed by atoms with van der Waals surface area (Å²) < 4.78 is 50.4. The minimum absolute atomic E-state index is 0.0783. The number of ether oxygens (including phenoxy) is 2. The highest BCUT2D eigenvalue weighted by Gasteiger charge is 2.34. The summed E-state index contributed by atoms with van der Waals surface area (Å²) in [7, 11) is 1.57. The van der Waals surface area contributed by atoms with Gasteiger partial charge in [-0.25, -0.2) is 0 Å². The normalized spacial score (nSPS) is 12.2. The lowest BCUT2D eigenvalue weighted by Crippen LogP contribution is -2.40. The van der Waals surface area contributed by atoms with E-state index in [1.165, 1.54) is 12.1 Å². The van der Waals surface area contributed by atoms with Crippen LogP contribution in [0.1, 0.15) is 37.0 Å². The van der Waals surface area contributed by atoms with E-state index in [0.717, 1.165) is 17.7 Å². The highest BCUT2D eigenvalue weighted by molar-refractivity contribution is 5.81. The fraction of sp³-hybridized carbons (Fsp3) is 0.391. The molecule has 2 rings (SSSR count). The molecule has 5 nitrogen and oxygen atoms in total. The molecule has 0 aliphatic heterocycles. The minimum atomic E-state index is -4.70. The molecule has 0 aliphatic rings. The number of hydrogen-bond acceptors (Lipinski definition) is 4. The van der Waals surface area contributed by atoms with Crippen LogP contribution in [0, 0.1) is 17.2 Å². The Hall–Kier alpha value is -3.21. The molecule has 0 fully saturated rings. The van der Waals surface area contributed by atoms with Crippen LogP contribution < -0.4 is 14.8 Å². The van der Waals surface area contributed by atoms with Crippen LogP contribution >= 0.6 is 0 Å². The minimum Gasteiger partial charge on any atom is -0.497 e. The number of nitrogens with one attached hydrogen (secondary N) is 1. The number of benzene rings is 2. The average molecular weight is 434 g/mol. The molecule has 0 saturated heterocycles. The Morgan fingerprint density at radius 3 is 2.52 bits per heavy atom. The molecule has 0 radical (unpaired) electrons. The van der Waals surface area contributed by atoms with Crippen LogP contribution in [-0.4, -0.2) is 25.7 Å². The van der Waals surface area contributed by atoms with E-state index in [1.807, 2.05) is 38.1 Å². The van der Waals surface area contributed by atoms with E-state index in [-0.39, 0.29) is 11.7 Å². The number of amides is 1. The SMILES string of the molecule is COc1cccc(CCNC(=O)C(CC(C)C)Oc2ccc(C#N)c(C(F)(F)F)c2)c1. The van der Waals surface area contributed by atoms with Crippen LogP contribution in [0.25, 0.3) is 0 Å². The molecule has 2 aromatic rings. The van der Waals surface area contributed by atoms with Gasteiger partial charge in [0.1, 0.15) is 11.5 Å². The standard InChI is InChI=1S/C23H25F3N2O3/c1-15(2)11-21(22(29)28-10-9-16-5-4-6-18(12-16)30-3)31-19-8-7-17(14-27)20(13-19)23(24,25)26/h4-8,12-13,15,21H,9-11H2,1-3H3,(H,28,29). The predicted molar refractivity (Wildman–Crippen MR) is 110 cm³/mol. The van der Waals surface area contributed by atoms with E-state index in [2.05, 4.69) is 5.32 Å². The maximum atomic E-state index is 13.2. The van der Waals surface area contributed by atoms with E-state index in [0.29, 0.717) is 25.1 Å². The Labute approximate surface area is 179 Å². The molecule has 0 aliphatic carbocycles. The van der Waals surface area contributed by atoms with E-state index in [4.69, 9.17) is 14.7 Å². The van der Waals surface area contributed by atoms with Crippen LogP contribution in [-0.2, 0) is 17.4 Å². The summed E-state index contributed by atoms with van der Waals surface area (Å²) in [6.07, 6.45) is -4.77. The van der Waals surface area contributed by atoms with E-state index >= 15 is 0 Å². The monoisotopic (exact) mass is 434 g/mol. The molecule has 0 aromatic heterocycles. The molecule has 0 saturated carbocycles. The predicted octanol–water partition coefficient (Wildman–Crippen LogP) is 4.74. The molecule has 1 amide bonds. The lowest BCUT2D eigenvalue weighted by molar-refractivity contribution is -0.137. The van der Waals surface area contributed by atoms with Crippen molar-refractivity contribution in [2.24, 2.45) is 5.92 Å². The van der Waals surface area contributed by atoms with Crippen molar-refractivity contribution < 1.29 is 27.4 Å². The highest BCUT2D eigenvalue weighted by Crippen LogP contribution is 2.34. The maximum absolute atomic E-state index is 13.2. The molecule has 166 valence electrons. The topological polar surface area (TPSA) is 71.3 Å². The molecule has 1 unspecified atom stereocenters. The Bertz CT molecular complexity index is 936. The largest absolute Gasteiger partial charge is 0.497 e. The van der Waals surface area contributed by atoms with Gasteiger partial charge in [0.15, 0.2) is 6.10 Å². The zero-order valence-corrected chi connectivity index (χ0v) is 17.6. The molecule has 8 heteroatoms. The molecule has 0 heterocycles. The van der Waals surface area contributed by atoms with Gasteiger partial charge in [0, 0.05) is 6.54 Å². The van der Waals surface area contributed by atoms with Crippen LogP contribution in [0.4, 0.5) is 13.2 Å². The number of nitriles is 1. The molecule has 2 aromatic carbocycles. The summed E-state index contributed by atoms with van der Waals surface area (Å²) >= 11 is 0. The highest BCUT2D eigenvalue weighted by atomic mass is 19.4. The van der Waals surface area contributed by atoms with Crippen LogP contribution in [0.5, 0.6) is 11.5 Å². The van der Waals surface area contributed by atoms with Gasteiger partial charge in [0.05, 0.1) is 24.3 Å². The van der Waals surface area contributed by atoms with Crippen molar-refractivity contribution in [3.8, 4) is 17.6 Å². The number of carbonyl (C=O) groups is 1. The molecular formula is C23H25F3N2O3. The first-order chi connectivity index (χ1) is 14.6. The number of rotatable bonds is 9. The third-order valence-corrected chi connectivity index (χ3v) is 4.52. The summed E-state index contributed by atoms with van der Waals surface area (Å²) in [4.78, 5) is 12.7. The second-order valence-electron chi connectivity index (χ2n) is 7.45. The molecule has 1 N–H and O–H groups in total. The van der Waals surface area contributed by atoms with Crippen molar-refractivity contribution in [1.29, 1.82) is 5.26 Å². The van der Waals surface area contributed by atoms with Gasteiger partial charge in [0.2, 0.25) is 0 Å². The average Bonchev–Trinajstić information content (AvgIpc) is 2.72. The number of methoxy groups -OCH3 is 1. The molecule has 31 heavy (non-hydrogen) atoms. The summed E-state index contributed by atoms with van der Waals surface area (Å²) in [5.41, 5.74) is -0.611. The molecular weight excluding hydrogens is 409 g/mol. The third kappa shape index (κ3) is 7.21. The van der Waals surface area contributed by atoms with Gasteiger partial charge in [-0.15, -0.1) is 0 Å². The number of hydrogen-bond donors (Lipinski definition) is 1. The zero-order valence-electron chi connectivity index (χ0n) is 17.6. The smallest absolute Gasteiger partial charge is 0.417 e. The number of alkyl halides is 3. The van der Waals surface area contributed by atoms with Crippen molar-refractivity contribution in [3.63, 3.8) is 0 Å². The van der Waals surface area contributed by atoms with Gasteiger partial charge in [-0.05, 0) is 54.7 Å². The van der Waals surface area contributed by atoms with Gasteiger partial charge < -0.3 is 14.8 Å². The van der Waals surface area contributed by atoms with Crippen molar-refractivity contribution >= 4 is 5.91 Å². The lowest BCUT2D eigenvalue weighted by Gasteiger charge is -2.21. The Morgan fingerprint density at radius 2 is 1.90 bits per heavy atom. The first-order valence-electron chi connectivity index (χ1n) is 9.82. The zero-order chi connectivity index (χ0) is 23.0. The lowest BCUT2D eigenvalue weighted by atomic mass is 10.0. The second-order valence-corrected chi connectivity index (χ2v) is 7.45.